The quantitative estimate of drug-likeness (QED) is 0.559. The van der Waals surface area contributed by atoms with E-state index in [-0.39, 0.29) is 35.2 Å². The van der Waals surface area contributed by atoms with Gasteiger partial charge in [-0.15, -0.1) is 0 Å². The molecule has 10 nitrogen and oxygen atoms in total. The lowest BCUT2D eigenvalue weighted by atomic mass is 9.94. The summed E-state index contributed by atoms with van der Waals surface area (Å²) in [7, 11) is 4.22. The molecule has 1 amide bonds. The summed E-state index contributed by atoms with van der Waals surface area (Å²) in [6.07, 6.45) is 0. The number of carbonyl (C=O) groups excluding carboxylic acids is 1. The molecule has 174 valence electrons. The van der Waals surface area contributed by atoms with Crippen LogP contribution in [0.15, 0.2) is 28.7 Å². The van der Waals surface area contributed by atoms with Crippen molar-refractivity contribution >= 4 is 11.6 Å². The standard InChI is InChI=1S/C23H25N3O7/c1-12-9-13-11-31-23(2,3)14(13)10-16(12)33-17-8-7-15(32-17)19(27)24-18-20(28-4)25-22(30-6)26-21(18)29-5/h7-10H,11H2,1-6H3,(H,24,27). The van der Waals surface area contributed by atoms with Gasteiger partial charge >= 0.3 is 6.01 Å². The predicted octanol–water partition coefficient (Wildman–Crippen LogP) is 4.21. The largest absolute Gasteiger partial charge is 0.479 e. The summed E-state index contributed by atoms with van der Waals surface area (Å²) in [5, 5.41) is 2.65. The first-order chi connectivity index (χ1) is 15.7. The number of carbonyl (C=O) groups is 1. The average Bonchev–Trinajstić information content (AvgIpc) is 3.38. The molecule has 0 saturated heterocycles. The van der Waals surface area contributed by atoms with Gasteiger partial charge in [-0.05, 0) is 55.7 Å². The van der Waals surface area contributed by atoms with Crippen LogP contribution in [0.25, 0.3) is 0 Å². The Balaban J connectivity index is 1.55. The molecular weight excluding hydrogens is 430 g/mol. The smallest absolute Gasteiger partial charge is 0.322 e. The maximum atomic E-state index is 12.8. The maximum Gasteiger partial charge on any atom is 0.322 e. The summed E-state index contributed by atoms with van der Waals surface area (Å²) >= 11 is 0. The van der Waals surface area contributed by atoms with Crippen molar-refractivity contribution in [2.75, 3.05) is 26.6 Å². The highest BCUT2D eigenvalue weighted by molar-refractivity contribution is 6.03. The molecule has 0 radical (unpaired) electrons. The van der Waals surface area contributed by atoms with Gasteiger partial charge in [-0.2, -0.15) is 9.97 Å². The zero-order chi connectivity index (χ0) is 23.8. The molecule has 10 heteroatoms. The molecule has 3 aromatic rings. The Labute approximate surface area is 190 Å². The third kappa shape index (κ3) is 4.29. The van der Waals surface area contributed by atoms with E-state index in [9.17, 15) is 4.79 Å². The number of nitrogens with one attached hydrogen (secondary N) is 1. The molecule has 0 bridgehead atoms. The molecule has 0 aliphatic carbocycles. The number of methoxy groups -OCH3 is 3. The first kappa shape index (κ1) is 22.4. The summed E-state index contributed by atoms with van der Waals surface area (Å²) in [6, 6.07) is 7.10. The Hall–Kier alpha value is -3.79. The van der Waals surface area contributed by atoms with E-state index in [0.29, 0.717) is 12.4 Å². The SMILES string of the molecule is COc1nc(OC)c(NC(=O)c2ccc(Oc3cc4c(cc3C)COC4(C)C)o2)c(OC)n1. The van der Waals surface area contributed by atoms with Gasteiger partial charge < -0.3 is 33.4 Å². The van der Waals surface area contributed by atoms with E-state index >= 15 is 0 Å². The number of hydrogen-bond donors (Lipinski definition) is 1. The van der Waals surface area contributed by atoms with E-state index in [4.69, 9.17) is 28.1 Å². The van der Waals surface area contributed by atoms with Crippen molar-refractivity contribution in [1.29, 1.82) is 0 Å². The molecule has 4 rings (SSSR count). The van der Waals surface area contributed by atoms with Crippen molar-refractivity contribution in [3.05, 3.63) is 46.7 Å². The molecule has 1 aromatic carbocycles. The van der Waals surface area contributed by atoms with Crippen molar-refractivity contribution in [1.82, 2.24) is 9.97 Å². The van der Waals surface area contributed by atoms with Crippen molar-refractivity contribution in [2.24, 2.45) is 0 Å². The summed E-state index contributed by atoms with van der Waals surface area (Å²) < 4.78 is 32.9. The molecule has 0 fully saturated rings. The molecule has 2 aromatic heterocycles. The number of aryl methyl sites for hydroxylation is 1. The number of rotatable bonds is 7. The van der Waals surface area contributed by atoms with Gasteiger partial charge in [0.15, 0.2) is 11.4 Å². The molecule has 3 heterocycles. The van der Waals surface area contributed by atoms with Gasteiger partial charge in [-0.3, -0.25) is 4.79 Å². The molecule has 1 N–H and O–H groups in total. The monoisotopic (exact) mass is 455 g/mol. The van der Waals surface area contributed by atoms with Crippen LogP contribution in [-0.2, 0) is 16.9 Å². The molecule has 1 aliphatic rings. The minimum Gasteiger partial charge on any atom is -0.479 e. The Bertz CT molecular complexity index is 1180. The van der Waals surface area contributed by atoms with Crippen LogP contribution >= 0.6 is 0 Å². The summed E-state index contributed by atoms with van der Waals surface area (Å²) in [5.74, 6) is 0.413. The van der Waals surface area contributed by atoms with E-state index in [1.54, 1.807) is 6.07 Å². The zero-order valence-corrected chi connectivity index (χ0v) is 19.3. The number of anilines is 1. The highest BCUT2D eigenvalue weighted by Gasteiger charge is 2.32. The average molecular weight is 455 g/mol. The van der Waals surface area contributed by atoms with E-state index in [0.717, 1.165) is 16.7 Å². The summed E-state index contributed by atoms with van der Waals surface area (Å²) in [4.78, 5) is 20.9. The first-order valence-electron chi connectivity index (χ1n) is 10.2. The summed E-state index contributed by atoms with van der Waals surface area (Å²) in [5.41, 5.74) is 2.87. The minimum atomic E-state index is -0.560. The van der Waals surface area contributed by atoms with Crippen LogP contribution < -0.4 is 24.3 Å². The van der Waals surface area contributed by atoms with Crippen LogP contribution in [0.4, 0.5) is 5.69 Å². The Morgan fingerprint density at radius 3 is 2.39 bits per heavy atom. The Morgan fingerprint density at radius 2 is 1.76 bits per heavy atom. The molecule has 0 spiro atoms. The fourth-order valence-electron chi connectivity index (χ4n) is 3.55. The van der Waals surface area contributed by atoms with Crippen LogP contribution in [-0.4, -0.2) is 37.2 Å². The van der Waals surface area contributed by atoms with Gasteiger partial charge in [0, 0.05) is 6.07 Å². The minimum absolute atomic E-state index is 0.0207. The zero-order valence-electron chi connectivity index (χ0n) is 19.3. The fourth-order valence-corrected chi connectivity index (χ4v) is 3.55. The fraction of sp³-hybridized carbons (Fsp3) is 0.348. The van der Waals surface area contributed by atoms with Gasteiger partial charge in [0.2, 0.25) is 11.8 Å². The number of furan rings is 1. The second-order valence-corrected chi connectivity index (χ2v) is 7.85. The first-order valence-corrected chi connectivity index (χ1v) is 10.2. The second-order valence-electron chi connectivity index (χ2n) is 7.85. The highest BCUT2D eigenvalue weighted by Crippen LogP contribution is 2.40. The van der Waals surface area contributed by atoms with Crippen molar-refractivity contribution in [3.8, 4) is 29.5 Å². The topological polar surface area (TPSA) is 114 Å². The lowest BCUT2D eigenvalue weighted by Gasteiger charge is -2.19. The molecule has 33 heavy (non-hydrogen) atoms. The number of benzene rings is 1. The van der Waals surface area contributed by atoms with Gasteiger partial charge in [-0.25, -0.2) is 0 Å². The Kier molecular flexibility index (Phi) is 5.86. The number of aromatic nitrogens is 2. The number of nitrogens with zero attached hydrogens (tertiary/aromatic N) is 2. The van der Waals surface area contributed by atoms with E-state index in [2.05, 4.69) is 15.3 Å². The van der Waals surface area contributed by atoms with Gasteiger partial charge in [0.25, 0.3) is 11.9 Å². The highest BCUT2D eigenvalue weighted by atomic mass is 16.6. The maximum absolute atomic E-state index is 12.8. The van der Waals surface area contributed by atoms with Crippen LogP contribution in [0, 0.1) is 6.92 Å². The molecule has 0 atom stereocenters. The van der Waals surface area contributed by atoms with E-state index < -0.39 is 11.5 Å². The van der Waals surface area contributed by atoms with Crippen LogP contribution in [0.2, 0.25) is 0 Å². The number of ether oxygens (including phenoxy) is 5. The molecule has 0 unspecified atom stereocenters. The van der Waals surface area contributed by atoms with Crippen LogP contribution in [0.3, 0.4) is 0 Å². The van der Waals surface area contributed by atoms with Crippen molar-refractivity contribution < 1.29 is 32.9 Å². The van der Waals surface area contributed by atoms with Crippen LogP contribution in [0.5, 0.6) is 29.5 Å². The number of fused-ring (bicyclic) bond motifs is 1. The molecule has 0 saturated carbocycles. The van der Waals surface area contributed by atoms with Gasteiger partial charge in [0.05, 0.1) is 33.5 Å². The normalized spacial score (nSPS) is 13.9. The molecular formula is C23H25N3O7. The molecule has 1 aliphatic heterocycles. The third-order valence-corrected chi connectivity index (χ3v) is 5.28. The lowest BCUT2D eigenvalue weighted by molar-refractivity contribution is -0.00795. The predicted molar refractivity (Wildman–Crippen MR) is 117 cm³/mol. The van der Waals surface area contributed by atoms with Gasteiger partial charge in [0.1, 0.15) is 5.75 Å². The van der Waals surface area contributed by atoms with Crippen molar-refractivity contribution in [3.63, 3.8) is 0 Å². The van der Waals surface area contributed by atoms with Gasteiger partial charge in [-0.1, -0.05) is 0 Å². The third-order valence-electron chi connectivity index (χ3n) is 5.28. The number of hydrogen-bond acceptors (Lipinski definition) is 9. The second kappa shape index (κ2) is 8.62. The Morgan fingerprint density at radius 1 is 1.06 bits per heavy atom. The van der Waals surface area contributed by atoms with E-state index in [1.165, 1.54) is 27.4 Å². The van der Waals surface area contributed by atoms with E-state index in [1.807, 2.05) is 32.9 Å². The van der Waals surface area contributed by atoms with Crippen molar-refractivity contribution in [2.45, 2.75) is 33.0 Å². The number of amides is 1. The van der Waals surface area contributed by atoms with Crippen LogP contribution in [0.1, 0.15) is 41.1 Å². The summed E-state index contributed by atoms with van der Waals surface area (Å²) in [6.45, 7) is 6.54. The lowest BCUT2D eigenvalue weighted by Crippen LogP contribution is -2.14.